The Balaban J connectivity index is 2.45. The Morgan fingerprint density at radius 2 is 1.67 bits per heavy atom. The third kappa shape index (κ3) is 1.44. The summed E-state index contributed by atoms with van der Waals surface area (Å²) in [5, 5.41) is 2.95. The van der Waals surface area contributed by atoms with Crippen LogP contribution in [0.1, 0.15) is 5.30 Å². The fourth-order valence-electron chi connectivity index (χ4n) is 1.29. The van der Waals surface area contributed by atoms with Crippen molar-refractivity contribution < 1.29 is 0 Å². The fraction of sp³-hybridized carbons (Fsp3) is 0.0909. The van der Waals surface area contributed by atoms with E-state index in [2.05, 4.69) is 49.4 Å². The smallest absolute Gasteiger partial charge is 0.00157 e. The molecule has 2 aromatic rings. The topological polar surface area (TPSA) is 0 Å². The summed E-state index contributed by atoms with van der Waals surface area (Å²) in [7, 11) is 0.873. The fourth-order valence-corrected chi connectivity index (χ4v) is 2.36. The van der Waals surface area contributed by atoms with E-state index in [1.807, 2.05) is 0 Å². The summed E-state index contributed by atoms with van der Waals surface area (Å²) in [5.74, 6) is 0. The van der Waals surface area contributed by atoms with Crippen molar-refractivity contribution in [1.29, 1.82) is 0 Å². The van der Waals surface area contributed by atoms with Crippen molar-refractivity contribution in [3.8, 4) is 10.9 Å². The van der Waals surface area contributed by atoms with E-state index in [0.29, 0.717) is 0 Å². The average molecular weight is 174 g/mol. The Morgan fingerprint density at radius 3 is 2.25 bits per heavy atom. The third-order valence-electron chi connectivity index (χ3n) is 1.92. The van der Waals surface area contributed by atoms with Gasteiger partial charge in [0.05, 0.1) is 0 Å². The van der Waals surface area contributed by atoms with E-state index in [9.17, 15) is 0 Å². The second-order valence-electron chi connectivity index (χ2n) is 2.92. The quantitative estimate of drug-likeness (QED) is 0.618. The lowest BCUT2D eigenvalue weighted by Gasteiger charge is -1.94. The second-order valence-corrected chi connectivity index (χ2v) is 4.50. The van der Waals surface area contributed by atoms with Gasteiger partial charge in [0.2, 0.25) is 0 Å². The molecule has 0 aliphatic carbocycles. The van der Waals surface area contributed by atoms with Gasteiger partial charge in [-0.25, -0.2) is 0 Å². The van der Waals surface area contributed by atoms with Crippen molar-refractivity contribution in [2.45, 2.75) is 6.92 Å². The summed E-state index contributed by atoms with van der Waals surface area (Å²) in [6.07, 6.45) is 0. The molecule has 2 rings (SSSR count). The van der Waals surface area contributed by atoms with Gasteiger partial charge in [-0.3, -0.25) is 0 Å². The van der Waals surface area contributed by atoms with E-state index in [-0.39, 0.29) is 0 Å². The molecule has 1 atom stereocenters. The van der Waals surface area contributed by atoms with E-state index in [1.165, 1.54) is 16.2 Å². The molecule has 0 fully saturated rings. The Bertz CT molecular complexity index is 360. The molecule has 1 unspecified atom stereocenters. The summed E-state index contributed by atoms with van der Waals surface area (Å²) in [6.45, 7) is 2.19. The number of rotatable bonds is 1. The first-order valence-electron chi connectivity index (χ1n) is 4.07. The van der Waals surface area contributed by atoms with E-state index in [0.717, 1.165) is 8.19 Å². The van der Waals surface area contributed by atoms with Crippen molar-refractivity contribution in [3.63, 3.8) is 0 Å². The minimum Gasteiger partial charge on any atom is -0.129 e. The number of aryl methyl sites for hydroxylation is 1. The molecule has 1 heterocycles. The summed E-state index contributed by atoms with van der Waals surface area (Å²) >= 11 is 0. The van der Waals surface area contributed by atoms with Crippen molar-refractivity contribution in [3.05, 3.63) is 47.8 Å². The van der Waals surface area contributed by atoms with Gasteiger partial charge in [0.15, 0.2) is 0 Å². The highest BCUT2D eigenvalue weighted by Gasteiger charge is 1.96. The largest absolute Gasteiger partial charge is 0.129 e. The van der Waals surface area contributed by atoms with Crippen LogP contribution >= 0.6 is 8.19 Å². The first-order valence-corrected chi connectivity index (χ1v) is 5.07. The number of benzene rings is 1. The zero-order valence-electron chi connectivity index (χ0n) is 7.04. The van der Waals surface area contributed by atoms with Crippen LogP contribution in [0, 0.1) is 6.92 Å². The van der Waals surface area contributed by atoms with Gasteiger partial charge in [0.1, 0.15) is 0 Å². The zero-order chi connectivity index (χ0) is 8.39. The normalized spacial score (nSPS) is 10.8. The van der Waals surface area contributed by atoms with Gasteiger partial charge < -0.3 is 0 Å². The lowest BCUT2D eigenvalue weighted by atomic mass is 10.2. The van der Waals surface area contributed by atoms with Gasteiger partial charge in [-0.15, -0.1) is 8.19 Å². The molecule has 0 nitrogen and oxygen atoms in total. The molecule has 0 bridgehead atoms. The second kappa shape index (κ2) is 3.16. The average Bonchev–Trinajstić information content (AvgIpc) is 2.54. The Kier molecular flexibility index (Phi) is 2.01. The molecule has 12 heavy (non-hydrogen) atoms. The molecule has 0 spiro atoms. The Hall–Kier alpha value is -1.000. The molecule has 0 aliphatic rings. The minimum atomic E-state index is 0.873. The highest BCUT2D eigenvalue weighted by molar-refractivity contribution is 7.35. The zero-order valence-corrected chi connectivity index (χ0v) is 8.04. The molecular formula is C11H11P. The van der Waals surface area contributed by atoms with Crippen LogP contribution in [0.3, 0.4) is 0 Å². The molecule has 0 radical (unpaired) electrons. The highest BCUT2D eigenvalue weighted by Crippen LogP contribution is 2.31. The highest BCUT2D eigenvalue weighted by atomic mass is 31.0. The SMILES string of the molecule is Cc1ccc(-c2ccccc2)[pH]1. The molecule has 1 aromatic carbocycles. The standard InChI is InChI=1S/C11H11P/c1-9-7-8-11(12-9)10-5-3-2-4-6-10/h2-8,12H,1H3. The van der Waals surface area contributed by atoms with Crippen molar-refractivity contribution in [2.24, 2.45) is 0 Å². The van der Waals surface area contributed by atoms with Crippen LogP contribution in [-0.2, 0) is 0 Å². The first-order chi connectivity index (χ1) is 5.86. The summed E-state index contributed by atoms with van der Waals surface area (Å²) in [5.41, 5.74) is 1.36. The van der Waals surface area contributed by atoms with Gasteiger partial charge in [-0.05, 0) is 23.1 Å². The maximum Gasteiger partial charge on any atom is -0.00157 e. The molecule has 1 heteroatoms. The van der Waals surface area contributed by atoms with E-state index in [4.69, 9.17) is 0 Å². The minimum absolute atomic E-state index is 0.873. The van der Waals surface area contributed by atoms with Crippen molar-refractivity contribution in [2.75, 3.05) is 0 Å². The van der Waals surface area contributed by atoms with Crippen LogP contribution in [0.4, 0.5) is 0 Å². The number of hydrogen-bond donors (Lipinski definition) is 0. The molecule has 0 N–H and O–H groups in total. The van der Waals surface area contributed by atoms with E-state index in [1.54, 1.807) is 0 Å². The molecule has 0 aliphatic heterocycles. The maximum absolute atomic E-state index is 2.23. The summed E-state index contributed by atoms with van der Waals surface area (Å²) in [6, 6.07) is 15.0. The molecular weight excluding hydrogens is 163 g/mol. The van der Waals surface area contributed by atoms with Gasteiger partial charge in [0, 0.05) is 0 Å². The summed E-state index contributed by atoms with van der Waals surface area (Å²) < 4.78 is 0. The molecule has 0 saturated heterocycles. The van der Waals surface area contributed by atoms with E-state index >= 15 is 0 Å². The predicted octanol–water partition coefficient (Wildman–Crippen LogP) is 3.69. The molecule has 0 amide bonds. The maximum atomic E-state index is 2.23. The predicted molar refractivity (Wildman–Crippen MR) is 56.1 cm³/mol. The Morgan fingerprint density at radius 1 is 0.917 bits per heavy atom. The summed E-state index contributed by atoms with van der Waals surface area (Å²) in [4.78, 5) is 0. The van der Waals surface area contributed by atoms with Gasteiger partial charge in [0.25, 0.3) is 0 Å². The van der Waals surface area contributed by atoms with Gasteiger partial charge in [-0.2, -0.15) is 0 Å². The molecule has 1 aromatic heterocycles. The first kappa shape index (κ1) is 7.64. The number of hydrogen-bond acceptors (Lipinski definition) is 0. The van der Waals surface area contributed by atoms with Crippen LogP contribution in [0.15, 0.2) is 42.5 Å². The van der Waals surface area contributed by atoms with Crippen LogP contribution in [0.25, 0.3) is 10.9 Å². The molecule has 60 valence electrons. The van der Waals surface area contributed by atoms with Crippen LogP contribution < -0.4 is 0 Å². The monoisotopic (exact) mass is 174 g/mol. The van der Waals surface area contributed by atoms with Gasteiger partial charge in [-0.1, -0.05) is 42.5 Å². The lowest BCUT2D eigenvalue weighted by Crippen LogP contribution is -1.66. The Labute approximate surface area is 74.3 Å². The van der Waals surface area contributed by atoms with Crippen molar-refractivity contribution in [1.82, 2.24) is 0 Å². The van der Waals surface area contributed by atoms with E-state index < -0.39 is 0 Å². The lowest BCUT2D eigenvalue weighted by molar-refractivity contribution is 1.64. The van der Waals surface area contributed by atoms with Crippen molar-refractivity contribution >= 4 is 8.19 Å². The van der Waals surface area contributed by atoms with Crippen LogP contribution in [-0.4, -0.2) is 0 Å². The van der Waals surface area contributed by atoms with Crippen LogP contribution in [0.5, 0.6) is 0 Å². The van der Waals surface area contributed by atoms with Gasteiger partial charge >= 0.3 is 0 Å². The van der Waals surface area contributed by atoms with Crippen LogP contribution in [0.2, 0.25) is 0 Å². The molecule has 0 saturated carbocycles. The third-order valence-corrected chi connectivity index (χ3v) is 3.20.